The predicted octanol–water partition coefficient (Wildman–Crippen LogP) is 5.52. The van der Waals surface area contributed by atoms with E-state index in [0.717, 1.165) is 0 Å². The average molecular weight is 397 g/mol. The van der Waals surface area contributed by atoms with E-state index >= 15 is 0 Å². The molecular formula is C11H11Cl5N2OS. The number of hydrogen-bond acceptors (Lipinski definition) is 2. The number of carbonyl (C=O) groups is 1. The summed E-state index contributed by atoms with van der Waals surface area (Å²) in [6.07, 6.45) is 1.74. The summed E-state index contributed by atoms with van der Waals surface area (Å²) in [5.74, 6) is 0. The lowest BCUT2D eigenvalue weighted by Crippen LogP contribution is -2.44. The first-order chi connectivity index (χ1) is 9.16. The van der Waals surface area contributed by atoms with Gasteiger partial charge in [-0.3, -0.25) is 0 Å². The van der Waals surface area contributed by atoms with Crippen molar-refractivity contribution in [3.05, 3.63) is 28.2 Å². The van der Waals surface area contributed by atoms with Crippen molar-refractivity contribution in [2.45, 2.75) is 9.17 Å². The minimum Gasteiger partial charge on any atom is -0.311 e. The van der Waals surface area contributed by atoms with E-state index in [-0.39, 0.29) is 0 Å². The summed E-state index contributed by atoms with van der Waals surface area (Å²) >= 11 is 30.5. The second-order valence-electron chi connectivity index (χ2n) is 3.79. The van der Waals surface area contributed by atoms with E-state index < -0.39 is 15.2 Å². The van der Waals surface area contributed by atoms with Crippen LogP contribution in [0.5, 0.6) is 0 Å². The van der Waals surface area contributed by atoms with E-state index in [9.17, 15) is 4.79 Å². The van der Waals surface area contributed by atoms with Gasteiger partial charge in [0.25, 0.3) is 0 Å². The number of hydrogen-bond donors (Lipinski definition) is 1. The number of amides is 2. The van der Waals surface area contributed by atoms with Crippen LogP contribution in [0.25, 0.3) is 0 Å². The summed E-state index contributed by atoms with van der Waals surface area (Å²) in [4.78, 5) is 13.4. The molecule has 0 fully saturated rings. The fraction of sp³-hybridized carbons (Fsp3) is 0.364. The number of urea groups is 1. The molecule has 9 heteroatoms. The number of alkyl halides is 3. The zero-order chi connectivity index (χ0) is 15.5. The second-order valence-corrected chi connectivity index (χ2v) is 7.93. The summed E-state index contributed by atoms with van der Waals surface area (Å²) < 4.78 is -1.60. The summed E-state index contributed by atoms with van der Waals surface area (Å²) in [5, 5.41) is 2.80. The monoisotopic (exact) mass is 394 g/mol. The molecule has 0 aromatic heterocycles. The van der Waals surface area contributed by atoms with E-state index in [0.29, 0.717) is 15.7 Å². The molecule has 1 unspecified atom stereocenters. The van der Waals surface area contributed by atoms with Crippen LogP contribution in [0.1, 0.15) is 0 Å². The van der Waals surface area contributed by atoms with Gasteiger partial charge in [-0.15, -0.1) is 11.8 Å². The van der Waals surface area contributed by atoms with Crippen LogP contribution in [0.3, 0.4) is 0 Å². The van der Waals surface area contributed by atoms with Crippen LogP contribution < -0.4 is 5.32 Å². The number of anilines is 1. The molecule has 1 N–H and O–H groups in total. The van der Waals surface area contributed by atoms with E-state index in [1.807, 2.05) is 0 Å². The Morgan fingerprint density at radius 2 is 1.95 bits per heavy atom. The molecule has 1 atom stereocenters. The first kappa shape index (κ1) is 18.3. The van der Waals surface area contributed by atoms with Crippen molar-refractivity contribution in [1.29, 1.82) is 0 Å². The molecule has 0 aliphatic carbocycles. The fourth-order valence-corrected chi connectivity index (χ4v) is 3.79. The topological polar surface area (TPSA) is 32.3 Å². The molecule has 0 saturated carbocycles. The molecule has 0 spiro atoms. The lowest BCUT2D eigenvalue weighted by atomic mass is 10.3. The van der Waals surface area contributed by atoms with Crippen LogP contribution in [0.2, 0.25) is 10.0 Å². The molecule has 2 amide bonds. The van der Waals surface area contributed by atoms with Crippen molar-refractivity contribution in [1.82, 2.24) is 4.90 Å². The van der Waals surface area contributed by atoms with Crippen molar-refractivity contribution in [3.63, 3.8) is 0 Å². The minimum atomic E-state index is -1.60. The van der Waals surface area contributed by atoms with Crippen LogP contribution in [0.4, 0.5) is 10.5 Å². The number of rotatable bonds is 3. The van der Waals surface area contributed by atoms with Crippen molar-refractivity contribution in [3.8, 4) is 0 Å². The maximum atomic E-state index is 12.1. The Bertz CT molecular complexity index is 494. The van der Waals surface area contributed by atoms with Crippen LogP contribution in [0.15, 0.2) is 18.2 Å². The number of halogens is 5. The normalized spacial score (nSPS) is 12.9. The Hall–Kier alpha value is 0.290. The maximum absolute atomic E-state index is 12.1. The van der Waals surface area contributed by atoms with Crippen molar-refractivity contribution >= 4 is 81.5 Å². The van der Waals surface area contributed by atoms with Gasteiger partial charge in [0.05, 0.1) is 10.7 Å². The third-order valence-corrected chi connectivity index (χ3v) is 5.02. The zero-order valence-corrected chi connectivity index (χ0v) is 15.1. The number of nitrogens with one attached hydrogen (secondary N) is 1. The highest BCUT2D eigenvalue weighted by Crippen LogP contribution is 2.38. The largest absolute Gasteiger partial charge is 0.322 e. The Balaban J connectivity index is 2.85. The van der Waals surface area contributed by atoms with Gasteiger partial charge in [0, 0.05) is 12.1 Å². The third kappa shape index (κ3) is 4.93. The lowest BCUT2D eigenvalue weighted by Gasteiger charge is -2.31. The zero-order valence-electron chi connectivity index (χ0n) is 10.5. The lowest BCUT2D eigenvalue weighted by molar-refractivity contribution is 0.219. The second kappa shape index (κ2) is 7.52. The summed E-state index contributed by atoms with van der Waals surface area (Å²) in [6.45, 7) is 0. The molecule has 1 aromatic carbocycles. The van der Waals surface area contributed by atoms with E-state index in [1.165, 1.54) is 29.8 Å². The predicted molar refractivity (Wildman–Crippen MR) is 90.8 cm³/mol. The molecule has 0 aliphatic heterocycles. The van der Waals surface area contributed by atoms with Crippen molar-refractivity contribution < 1.29 is 4.79 Å². The van der Waals surface area contributed by atoms with Crippen molar-refractivity contribution in [2.75, 3.05) is 18.6 Å². The molecule has 20 heavy (non-hydrogen) atoms. The molecule has 0 heterocycles. The van der Waals surface area contributed by atoms with Gasteiger partial charge in [0.1, 0.15) is 5.37 Å². The van der Waals surface area contributed by atoms with Gasteiger partial charge in [0.15, 0.2) is 0 Å². The highest BCUT2D eigenvalue weighted by atomic mass is 35.6. The standard InChI is InChI=1S/C11H11Cl5N2OS/c1-18(9(20-2)11(14,15)16)10(19)17-8-4-3-6(12)5-7(8)13/h3-5,9H,1-2H3,(H,17,19). The molecule has 1 rings (SSSR count). The van der Waals surface area contributed by atoms with Gasteiger partial charge in [-0.25, -0.2) is 4.79 Å². The number of thioether (sulfide) groups is 1. The Kier molecular flexibility index (Phi) is 6.90. The summed E-state index contributed by atoms with van der Waals surface area (Å²) in [5.41, 5.74) is 0.428. The van der Waals surface area contributed by atoms with Gasteiger partial charge in [-0.05, 0) is 24.5 Å². The molecule has 1 aromatic rings. The van der Waals surface area contributed by atoms with E-state index in [4.69, 9.17) is 58.0 Å². The first-order valence-electron chi connectivity index (χ1n) is 5.25. The molecule has 0 bridgehead atoms. The third-order valence-electron chi connectivity index (χ3n) is 2.35. The quantitative estimate of drug-likeness (QED) is 0.539. The fourth-order valence-electron chi connectivity index (χ4n) is 1.41. The smallest absolute Gasteiger partial charge is 0.311 e. The minimum absolute atomic E-state index is 0.328. The Labute approximate surface area is 146 Å². The Morgan fingerprint density at radius 3 is 2.40 bits per heavy atom. The van der Waals surface area contributed by atoms with Crippen LogP contribution in [-0.2, 0) is 0 Å². The Morgan fingerprint density at radius 1 is 1.35 bits per heavy atom. The number of carbonyl (C=O) groups excluding carboxylic acids is 1. The number of benzene rings is 1. The van der Waals surface area contributed by atoms with E-state index in [1.54, 1.807) is 18.4 Å². The maximum Gasteiger partial charge on any atom is 0.322 e. The van der Waals surface area contributed by atoms with Gasteiger partial charge >= 0.3 is 6.03 Å². The highest BCUT2D eigenvalue weighted by molar-refractivity contribution is 7.99. The van der Waals surface area contributed by atoms with Gasteiger partial charge < -0.3 is 10.2 Å². The molecule has 0 aliphatic rings. The van der Waals surface area contributed by atoms with Crippen LogP contribution in [0, 0.1) is 0 Å². The SMILES string of the molecule is CSC(N(C)C(=O)Nc1ccc(Cl)cc1Cl)C(Cl)(Cl)Cl. The van der Waals surface area contributed by atoms with Gasteiger partial charge in [0.2, 0.25) is 3.79 Å². The number of nitrogens with zero attached hydrogens (tertiary/aromatic N) is 1. The highest BCUT2D eigenvalue weighted by Gasteiger charge is 2.37. The van der Waals surface area contributed by atoms with Gasteiger partial charge in [-0.1, -0.05) is 58.0 Å². The molecule has 0 radical (unpaired) electrons. The molecule has 112 valence electrons. The molecular weight excluding hydrogens is 385 g/mol. The van der Waals surface area contributed by atoms with Crippen LogP contribution >= 0.6 is 69.8 Å². The molecule has 3 nitrogen and oxygen atoms in total. The van der Waals surface area contributed by atoms with Crippen molar-refractivity contribution in [2.24, 2.45) is 0 Å². The molecule has 0 saturated heterocycles. The first-order valence-corrected chi connectivity index (χ1v) is 8.43. The summed E-state index contributed by atoms with van der Waals surface area (Å²) in [6, 6.07) is 4.30. The van der Waals surface area contributed by atoms with Gasteiger partial charge in [-0.2, -0.15) is 0 Å². The summed E-state index contributed by atoms with van der Waals surface area (Å²) in [7, 11) is 1.53. The van der Waals surface area contributed by atoms with Crippen LogP contribution in [-0.4, -0.2) is 33.4 Å². The van der Waals surface area contributed by atoms with E-state index in [2.05, 4.69) is 5.32 Å². The average Bonchev–Trinajstić information content (AvgIpc) is 2.31.